The molecule has 0 saturated heterocycles. The Morgan fingerprint density at radius 3 is 2.13 bits per heavy atom. The van der Waals surface area contributed by atoms with Crippen molar-refractivity contribution in [1.29, 1.82) is 0 Å². The fourth-order valence-corrected chi connectivity index (χ4v) is 5.57. The van der Waals surface area contributed by atoms with E-state index in [1.165, 1.54) is 17.0 Å². The van der Waals surface area contributed by atoms with Crippen molar-refractivity contribution in [3.8, 4) is 0 Å². The number of halogens is 1. The lowest BCUT2D eigenvalue weighted by atomic mass is 10.1. The van der Waals surface area contributed by atoms with E-state index < -0.39 is 28.5 Å². The minimum atomic E-state index is -4.08. The van der Waals surface area contributed by atoms with E-state index in [1.54, 1.807) is 49.4 Å². The molecule has 3 aromatic carbocycles. The molecule has 2 amide bonds. The van der Waals surface area contributed by atoms with Crippen molar-refractivity contribution < 1.29 is 18.0 Å². The molecule has 2 atom stereocenters. The second-order valence-electron chi connectivity index (χ2n) is 9.24. The van der Waals surface area contributed by atoms with E-state index in [4.69, 9.17) is 0 Å². The summed E-state index contributed by atoms with van der Waals surface area (Å²) in [5.74, 6) is -0.773. The Morgan fingerprint density at radius 2 is 1.53 bits per heavy atom. The van der Waals surface area contributed by atoms with E-state index in [0.717, 1.165) is 26.3 Å². The van der Waals surface area contributed by atoms with E-state index >= 15 is 0 Å². The van der Waals surface area contributed by atoms with Crippen LogP contribution in [0.5, 0.6) is 0 Å². The summed E-state index contributed by atoms with van der Waals surface area (Å²) in [5, 5.41) is 2.94. The Labute approximate surface area is 234 Å². The zero-order valence-corrected chi connectivity index (χ0v) is 24.5. The highest BCUT2D eigenvalue weighted by molar-refractivity contribution is 9.10. The Morgan fingerprint density at radius 1 is 0.921 bits per heavy atom. The van der Waals surface area contributed by atoms with Gasteiger partial charge >= 0.3 is 0 Å². The third-order valence-electron chi connectivity index (χ3n) is 6.49. The van der Waals surface area contributed by atoms with Crippen LogP contribution in [0.2, 0.25) is 0 Å². The largest absolute Gasteiger partial charge is 0.352 e. The Bertz CT molecular complexity index is 1350. The lowest BCUT2D eigenvalue weighted by Crippen LogP contribution is -2.52. The van der Waals surface area contributed by atoms with Crippen molar-refractivity contribution in [3.05, 3.63) is 94.5 Å². The van der Waals surface area contributed by atoms with E-state index in [1.807, 2.05) is 45.0 Å². The molecule has 202 valence electrons. The number of hydrogen-bond donors (Lipinski definition) is 1. The van der Waals surface area contributed by atoms with Gasteiger partial charge in [-0.25, -0.2) is 8.42 Å². The molecule has 0 aromatic heterocycles. The summed E-state index contributed by atoms with van der Waals surface area (Å²) in [7, 11) is -4.08. The lowest BCUT2D eigenvalue weighted by Gasteiger charge is -2.32. The van der Waals surface area contributed by atoms with E-state index in [-0.39, 0.29) is 23.4 Å². The van der Waals surface area contributed by atoms with Gasteiger partial charge in [-0.1, -0.05) is 65.3 Å². The first-order chi connectivity index (χ1) is 18.0. The number of hydrogen-bond acceptors (Lipinski definition) is 4. The lowest BCUT2D eigenvalue weighted by molar-refractivity contribution is -0.139. The van der Waals surface area contributed by atoms with Crippen molar-refractivity contribution >= 4 is 43.5 Å². The number of carbonyl (C=O) groups excluding carboxylic acids is 2. The summed E-state index contributed by atoms with van der Waals surface area (Å²) in [6, 6.07) is 21.5. The number of anilines is 1. The standard InChI is InChI=1S/C29H34BrN3O4S/c1-5-22(3)31-29(35)23(4)32(19-24-12-10-9-11-21(24)2)28(34)20-33(26-17-15-25(30)16-18-26)38(36,37)27-13-7-6-8-14-27/h6-18,22-23H,5,19-20H2,1-4H3,(H,31,35)/t22-,23-/m0/s1. The van der Waals surface area contributed by atoms with Crippen LogP contribution in [-0.4, -0.2) is 43.8 Å². The van der Waals surface area contributed by atoms with Crippen molar-refractivity contribution in [2.75, 3.05) is 10.8 Å². The third kappa shape index (κ3) is 7.23. The molecule has 0 saturated carbocycles. The van der Waals surface area contributed by atoms with Crippen LogP contribution in [0.25, 0.3) is 0 Å². The number of carbonyl (C=O) groups is 2. The average molecular weight is 601 g/mol. The molecule has 0 radical (unpaired) electrons. The smallest absolute Gasteiger partial charge is 0.264 e. The molecule has 0 bridgehead atoms. The molecule has 0 spiro atoms. The monoisotopic (exact) mass is 599 g/mol. The molecule has 0 unspecified atom stereocenters. The van der Waals surface area contributed by atoms with Crippen molar-refractivity contribution in [3.63, 3.8) is 0 Å². The van der Waals surface area contributed by atoms with Crippen molar-refractivity contribution in [2.24, 2.45) is 0 Å². The van der Waals surface area contributed by atoms with Gasteiger partial charge in [0.1, 0.15) is 12.6 Å². The summed E-state index contributed by atoms with van der Waals surface area (Å²) in [6.07, 6.45) is 0.747. The van der Waals surface area contributed by atoms with Crippen LogP contribution in [-0.2, 0) is 26.2 Å². The summed E-state index contributed by atoms with van der Waals surface area (Å²) in [5.41, 5.74) is 2.20. The van der Waals surface area contributed by atoms with Gasteiger partial charge < -0.3 is 10.2 Å². The maximum Gasteiger partial charge on any atom is 0.264 e. The number of nitrogens with zero attached hydrogens (tertiary/aromatic N) is 2. The summed E-state index contributed by atoms with van der Waals surface area (Å²) < 4.78 is 29.4. The molecule has 9 heteroatoms. The molecule has 0 heterocycles. The molecule has 0 fully saturated rings. The highest BCUT2D eigenvalue weighted by Gasteiger charge is 2.32. The molecule has 1 N–H and O–H groups in total. The number of benzene rings is 3. The normalized spacial score (nSPS) is 12.9. The summed E-state index contributed by atoms with van der Waals surface area (Å²) >= 11 is 3.38. The van der Waals surface area contributed by atoms with Crippen molar-refractivity contribution in [2.45, 2.75) is 57.6 Å². The minimum Gasteiger partial charge on any atom is -0.352 e. The van der Waals surface area contributed by atoms with Gasteiger partial charge in [0, 0.05) is 17.1 Å². The SMILES string of the molecule is CC[C@H](C)NC(=O)[C@H](C)N(Cc1ccccc1C)C(=O)CN(c1ccc(Br)cc1)S(=O)(=O)c1ccccc1. The predicted molar refractivity (Wildman–Crippen MR) is 154 cm³/mol. The maximum absolute atomic E-state index is 13.9. The van der Waals surface area contributed by atoms with Gasteiger partial charge in [-0.05, 0) is 74.7 Å². The van der Waals surface area contributed by atoms with Crippen LogP contribution in [0.3, 0.4) is 0 Å². The second-order valence-corrected chi connectivity index (χ2v) is 12.0. The van der Waals surface area contributed by atoms with Gasteiger partial charge in [0.2, 0.25) is 11.8 Å². The molecule has 7 nitrogen and oxygen atoms in total. The molecule has 0 aliphatic heterocycles. The number of aryl methyl sites for hydroxylation is 1. The van der Waals surface area contributed by atoms with Crippen molar-refractivity contribution in [1.82, 2.24) is 10.2 Å². The molecular formula is C29H34BrN3O4S. The van der Waals surface area contributed by atoms with Gasteiger partial charge in [0.15, 0.2) is 0 Å². The van der Waals surface area contributed by atoms with Gasteiger partial charge in [-0.15, -0.1) is 0 Å². The molecule has 0 aliphatic rings. The maximum atomic E-state index is 13.9. The third-order valence-corrected chi connectivity index (χ3v) is 8.81. The summed E-state index contributed by atoms with van der Waals surface area (Å²) in [6.45, 7) is 7.18. The summed E-state index contributed by atoms with van der Waals surface area (Å²) in [4.78, 5) is 28.5. The zero-order valence-electron chi connectivity index (χ0n) is 22.1. The topological polar surface area (TPSA) is 86.8 Å². The van der Waals surface area contributed by atoms with Gasteiger partial charge in [-0.3, -0.25) is 13.9 Å². The van der Waals surface area contributed by atoms with Gasteiger partial charge in [-0.2, -0.15) is 0 Å². The van der Waals surface area contributed by atoms with Crippen LogP contribution in [0.4, 0.5) is 5.69 Å². The minimum absolute atomic E-state index is 0.0573. The first kappa shape index (κ1) is 29.4. The molecule has 38 heavy (non-hydrogen) atoms. The quantitative estimate of drug-likeness (QED) is 0.324. The number of sulfonamides is 1. The Balaban J connectivity index is 2.02. The fourth-order valence-electron chi connectivity index (χ4n) is 3.87. The Kier molecular flexibility index (Phi) is 10.1. The first-order valence-corrected chi connectivity index (χ1v) is 14.8. The fraction of sp³-hybridized carbons (Fsp3) is 0.310. The van der Waals surface area contributed by atoms with E-state index in [0.29, 0.717) is 5.69 Å². The van der Waals surface area contributed by atoms with Crippen LogP contribution in [0.1, 0.15) is 38.3 Å². The van der Waals surface area contributed by atoms with Gasteiger partial charge in [0.25, 0.3) is 10.0 Å². The zero-order chi connectivity index (χ0) is 27.9. The predicted octanol–water partition coefficient (Wildman–Crippen LogP) is 5.28. The number of nitrogens with one attached hydrogen (secondary N) is 1. The number of rotatable bonds is 11. The molecule has 0 aliphatic carbocycles. The highest BCUT2D eigenvalue weighted by atomic mass is 79.9. The molecule has 3 aromatic rings. The molecular weight excluding hydrogens is 566 g/mol. The molecule has 3 rings (SSSR count). The van der Waals surface area contributed by atoms with Crippen LogP contribution in [0.15, 0.2) is 88.2 Å². The van der Waals surface area contributed by atoms with Crippen LogP contribution in [0, 0.1) is 6.92 Å². The number of amides is 2. The van der Waals surface area contributed by atoms with Crippen LogP contribution < -0.4 is 9.62 Å². The highest BCUT2D eigenvalue weighted by Crippen LogP contribution is 2.26. The van der Waals surface area contributed by atoms with Gasteiger partial charge in [0.05, 0.1) is 10.6 Å². The van der Waals surface area contributed by atoms with E-state index in [9.17, 15) is 18.0 Å². The van der Waals surface area contributed by atoms with Crippen LogP contribution >= 0.6 is 15.9 Å². The Hall–Kier alpha value is -3.17. The first-order valence-electron chi connectivity index (χ1n) is 12.5. The second kappa shape index (κ2) is 13.1. The average Bonchev–Trinajstić information content (AvgIpc) is 2.91. The van der Waals surface area contributed by atoms with E-state index in [2.05, 4.69) is 21.2 Å².